The summed E-state index contributed by atoms with van der Waals surface area (Å²) in [7, 11) is 6.87. The molecule has 0 saturated carbocycles. The summed E-state index contributed by atoms with van der Waals surface area (Å²) in [6, 6.07) is 3.94. The molecular formula is C25H41N6Ni2O4S2+. The van der Waals surface area contributed by atoms with E-state index >= 15 is 0 Å². The van der Waals surface area contributed by atoms with Crippen LogP contribution in [0.5, 0.6) is 5.75 Å². The van der Waals surface area contributed by atoms with E-state index in [4.69, 9.17) is 25.8 Å². The number of aryl methyl sites for hydroxylation is 1. The molecule has 10 nitrogen and oxygen atoms in total. The van der Waals surface area contributed by atoms with Crippen molar-refractivity contribution in [2.24, 2.45) is 4.99 Å². The van der Waals surface area contributed by atoms with E-state index in [0.717, 1.165) is 57.9 Å². The Hall–Kier alpha value is -1.41. The minimum atomic E-state index is -1.08. The van der Waals surface area contributed by atoms with E-state index in [9.17, 15) is 5.11 Å². The largest absolute Gasteiger partial charge is 3.00 e. The third kappa shape index (κ3) is 36.6. The molecule has 0 aliphatic heterocycles. The van der Waals surface area contributed by atoms with Crippen LogP contribution in [0.4, 0.5) is 0 Å². The van der Waals surface area contributed by atoms with Gasteiger partial charge in [0.2, 0.25) is 0 Å². The molecule has 2 radical (unpaired) electrons. The number of carboxylic acids is 1. The van der Waals surface area contributed by atoms with E-state index in [-0.39, 0.29) is 38.7 Å². The summed E-state index contributed by atoms with van der Waals surface area (Å²) < 4.78 is 0. The molecule has 0 atom stereocenters. The summed E-state index contributed by atoms with van der Waals surface area (Å²) in [5.41, 5.74) is 2.67. The topological polar surface area (TPSA) is 153 Å². The van der Waals surface area contributed by atoms with Gasteiger partial charge in [-0.25, -0.2) is 0 Å². The summed E-state index contributed by atoms with van der Waals surface area (Å²) in [6.07, 6.45) is 1.73. The average molecular weight is 671 g/mol. The molecule has 0 aromatic heterocycles. The summed E-state index contributed by atoms with van der Waals surface area (Å²) in [5.74, 6) is -0.978. The molecule has 0 bridgehead atoms. The Kier molecular flexibility index (Phi) is 47.3. The van der Waals surface area contributed by atoms with E-state index in [1.165, 1.54) is 10.3 Å². The standard InChI is InChI=1S/C20H36N4O.C2H4O2.2CNS.CH3O.2Ni/c1-7-24(8-2)12-11-23(6)16-19-14-17(3)13-18(20(19)25)15-21-9-10-22(4)5;1-2(3)4;2*2-1-3;1-2;;/h13-15,25H,7-12,16H2,1-6H3;1H3,(H,3,4);;;1H3;;/q;;3*-1;2*+3/p-2. The van der Waals surface area contributed by atoms with Crippen LogP contribution in [-0.4, -0.2) is 105 Å². The summed E-state index contributed by atoms with van der Waals surface area (Å²) in [6.45, 7) is 13.8. The first-order valence-corrected chi connectivity index (χ1v) is 12.2. The van der Waals surface area contributed by atoms with Crippen molar-refractivity contribution in [2.45, 2.75) is 34.2 Å². The fourth-order valence-electron chi connectivity index (χ4n) is 2.73. The first-order chi connectivity index (χ1) is 17.4. The smallest absolute Gasteiger partial charge is 0.872 e. The van der Waals surface area contributed by atoms with Crippen molar-refractivity contribution in [1.82, 2.24) is 14.7 Å². The van der Waals surface area contributed by atoms with Crippen LogP contribution in [0.15, 0.2) is 17.1 Å². The molecule has 0 N–H and O–H groups in total. The summed E-state index contributed by atoms with van der Waals surface area (Å²) >= 11 is 7.40. The molecule has 0 unspecified atom stereocenters. The number of rotatable bonds is 11. The van der Waals surface area contributed by atoms with Crippen LogP contribution in [0, 0.1) is 6.92 Å². The minimum absolute atomic E-state index is 0. The number of aliphatic imine (C=N–C) groups is 1. The Morgan fingerprint density at radius 2 is 1.46 bits per heavy atom. The van der Waals surface area contributed by atoms with Crippen LogP contribution < -0.4 is 15.3 Å². The van der Waals surface area contributed by atoms with Gasteiger partial charge in [0.1, 0.15) is 0 Å². The average Bonchev–Trinajstić information content (AvgIpc) is 2.82. The zero-order valence-electron chi connectivity index (χ0n) is 23.9. The van der Waals surface area contributed by atoms with Gasteiger partial charge in [-0.15, -0.1) is 0 Å². The Bertz CT molecular complexity index is 802. The normalized spacial score (nSPS) is 9.03. The van der Waals surface area contributed by atoms with Crippen molar-refractivity contribution in [3.8, 4) is 5.75 Å². The molecule has 0 heterocycles. The van der Waals surface area contributed by atoms with Gasteiger partial charge in [0, 0.05) is 38.4 Å². The molecule has 0 aliphatic carbocycles. The number of carbonyl (C=O) groups excluding carboxylic acids is 1. The predicted octanol–water partition coefficient (Wildman–Crippen LogP) is 0.868. The number of nitrogens with zero attached hydrogens (tertiary/aromatic N) is 6. The first-order valence-electron chi connectivity index (χ1n) is 11.4. The second-order valence-corrected chi connectivity index (χ2v) is 7.98. The summed E-state index contributed by atoms with van der Waals surface area (Å²) in [4.78, 5) is 20.0. The molecule has 0 amide bonds. The van der Waals surface area contributed by atoms with Gasteiger partial charge in [0.05, 0.1) is 6.54 Å². The van der Waals surface area contributed by atoms with Gasteiger partial charge in [-0.3, -0.25) is 4.99 Å². The monoisotopic (exact) mass is 669 g/mol. The van der Waals surface area contributed by atoms with E-state index in [0.29, 0.717) is 18.7 Å². The van der Waals surface area contributed by atoms with Gasteiger partial charge in [-0.1, -0.05) is 61.7 Å². The molecular weight excluding hydrogens is 630 g/mol. The Balaban J connectivity index is -0.000000166. The van der Waals surface area contributed by atoms with Crippen LogP contribution in [0.1, 0.15) is 37.5 Å². The number of hydrogen-bond acceptors (Lipinski definition) is 10. The molecule has 1 aromatic carbocycles. The van der Waals surface area contributed by atoms with Gasteiger partial charge >= 0.3 is 33.0 Å². The van der Waals surface area contributed by atoms with Gasteiger partial charge in [0.15, 0.2) is 0 Å². The first kappa shape index (κ1) is 50.4. The van der Waals surface area contributed by atoms with Crippen molar-refractivity contribution < 1.29 is 53.1 Å². The van der Waals surface area contributed by atoms with E-state index < -0.39 is 5.97 Å². The van der Waals surface area contributed by atoms with Crippen molar-refractivity contribution >= 4 is 46.9 Å². The maximum Gasteiger partial charge on any atom is 3.00 e. The molecule has 1 rings (SSSR count). The number of isothiocyanates is 2. The fourth-order valence-corrected chi connectivity index (χ4v) is 2.73. The fraction of sp³-hybridized carbons (Fsp3) is 0.600. The van der Waals surface area contributed by atoms with Gasteiger partial charge in [-0.05, 0) is 59.2 Å². The van der Waals surface area contributed by atoms with Crippen molar-refractivity contribution in [3.63, 3.8) is 0 Å². The Labute approximate surface area is 265 Å². The van der Waals surface area contributed by atoms with E-state index in [2.05, 4.69) is 65.0 Å². The molecule has 226 valence electrons. The molecule has 0 aliphatic rings. The van der Waals surface area contributed by atoms with Crippen LogP contribution >= 0.6 is 24.4 Å². The Morgan fingerprint density at radius 1 is 1.03 bits per heavy atom. The molecule has 1 aromatic rings. The summed E-state index contributed by atoms with van der Waals surface area (Å²) in [5, 5.41) is 46.8. The van der Waals surface area contributed by atoms with Gasteiger partial charge in [0.25, 0.3) is 0 Å². The molecule has 39 heavy (non-hydrogen) atoms. The number of carbonyl (C=O) groups is 1. The number of carboxylic acid groups (broad SMARTS) is 1. The van der Waals surface area contributed by atoms with Gasteiger partial charge in [-0.2, -0.15) is 17.4 Å². The number of aliphatic carboxylic acids is 1. The van der Waals surface area contributed by atoms with Crippen LogP contribution in [0.3, 0.4) is 0 Å². The number of likely N-dealkylation sites (N-methyl/N-ethyl adjacent to an activating group) is 3. The van der Waals surface area contributed by atoms with Crippen LogP contribution in [0.25, 0.3) is 10.8 Å². The third-order valence-corrected chi connectivity index (χ3v) is 4.38. The number of hydrogen-bond donors (Lipinski definition) is 0. The molecule has 14 heteroatoms. The maximum absolute atomic E-state index is 12.7. The maximum atomic E-state index is 12.7. The van der Waals surface area contributed by atoms with Crippen molar-refractivity contribution in [3.05, 3.63) is 39.6 Å². The molecule has 0 fully saturated rings. The zero-order chi connectivity index (χ0) is 29.8. The Morgan fingerprint density at radius 3 is 1.85 bits per heavy atom. The minimum Gasteiger partial charge on any atom is -0.872 e. The van der Waals surface area contributed by atoms with Gasteiger partial charge < -0.3 is 45.6 Å². The zero-order valence-corrected chi connectivity index (χ0v) is 27.6. The quantitative estimate of drug-likeness (QED) is 0.190. The van der Waals surface area contributed by atoms with E-state index in [1.54, 1.807) is 6.21 Å². The van der Waals surface area contributed by atoms with Crippen molar-refractivity contribution in [2.75, 3.05) is 67.5 Å². The van der Waals surface area contributed by atoms with Crippen LogP contribution in [0.2, 0.25) is 0 Å². The third-order valence-electron chi connectivity index (χ3n) is 4.38. The van der Waals surface area contributed by atoms with E-state index in [1.807, 2.05) is 33.2 Å². The van der Waals surface area contributed by atoms with Crippen LogP contribution in [-0.2, 0) is 44.3 Å². The second-order valence-electron chi connectivity index (χ2n) is 7.62. The SMILES string of the molecule is CC(=O)[O-].CCN(CC)CCN(C)Cc1cc(C)cc(C=NCCN(C)C)c1[O-].C[O-].[N-]=C=S.[N-]=C=S.[Ni+3].[Ni+3]. The second kappa shape index (κ2) is 36.6. The van der Waals surface area contributed by atoms with Crippen molar-refractivity contribution in [1.29, 1.82) is 0 Å². The number of thiocarbonyl (C=S) groups is 2. The number of benzene rings is 1. The predicted molar refractivity (Wildman–Crippen MR) is 154 cm³/mol. The molecule has 0 spiro atoms. The molecule has 0 saturated heterocycles.